The third-order valence-corrected chi connectivity index (χ3v) is 5.49. The molecule has 2 atom stereocenters. The molecule has 0 amide bonds. The Morgan fingerprint density at radius 2 is 2.20 bits per heavy atom. The number of alkyl halides is 1. The van der Waals surface area contributed by atoms with Crippen LogP contribution in [-0.4, -0.2) is 50.8 Å². The van der Waals surface area contributed by atoms with Crippen LogP contribution in [0.15, 0.2) is 23.1 Å². The number of ether oxygens (including phenoxy) is 1. The maximum Gasteiger partial charge on any atom is 0.206 e. The minimum Gasteiger partial charge on any atom is -0.364 e. The third kappa shape index (κ3) is 3.08. The molecule has 0 saturated carbocycles. The van der Waals surface area contributed by atoms with E-state index in [1.807, 2.05) is 6.92 Å². The van der Waals surface area contributed by atoms with Gasteiger partial charge in [0.2, 0.25) is 5.43 Å². The number of aryl methyl sites for hydroxylation is 1. The van der Waals surface area contributed by atoms with Gasteiger partial charge in [0.05, 0.1) is 22.0 Å². The van der Waals surface area contributed by atoms with Crippen LogP contribution < -0.4 is 11.2 Å². The van der Waals surface area contributed by atoms with Crippen molar-refractivity contribution >= 4 is 45.7 Å². The number of halogens is 1. The number of imidazole rings is 1. The zero-order chi connectivity index (χ0) is 21.4. The summed E-state index contributed by atoms with van der Waals surface area (Å²) >= 11 is 6.20. The van der Waals surface area contributed by atoms with Gasteiger partial charge in [-0.2, -0.15) is 0 Å². The summed E-state index contributed by atoms with van der Waals surface area (Å²) in [6, 6.07) is 3.24. The van der Waals surface area contributed by atoms with Crippen LogP contribution in [-0.2, 0) is 4.74 Å². The molecule has 4 heterocycles. The Bertz CT molecular complexity index is 1390. The number of aldehydes is 1. The molecule has 0 bridgehead atoms. The lowest BCUT2D eigenvalue weighted by atomic mass is 10.2. The molecule has 0 spiro atoms. The summed E-state index contributed by atoms with van der Waals surface area (Å²) in [5.74, 6) is 6.07. The second-order valence-electron chi connectivity index (χ2n) is 6.80. The van der Waals surface area contributed by atoms with Crippen molar-refractivity contribution in [3.05, 3.63) is 45.4 Å². The van der Waals surface area contributed by atoms with Crippen molar-refractivity contribution in [1.82, 2.24) is 19.4 Å². The van der Waals surface area contributed by atoms with E-state index in [0.717, 1.165) is 18.3 Å². The minimum absolute atomic E-state index is 0.122. The third-order valence-electron chi connectivity index (χ3n) is 5.04. The standard InChI is InChI=1S/C20H15ClN4O3.CH5N/c1-10-2-4-14(27)17-18(10)25-19(24-17)12(9-26)16-20(25)23-11(8-22-16)3-5-15-13(21)6-7-28-15;1-2/h2,4,8-9,13,15,22-23H,6-7H2,1H3;2H2,1H3. The number of nitrogens with zero attached hydrogens (tertiary/aromatic N) is 2. The fourth-order valence-electron chi connectivity index (χ4n) is 3.66. The average molecular weight is 426 g/mol. The zero-order valence-electron chi connectivity index (χ0n) is 16.5. The van der Waals surface area contributed by atoms with Gasteiger partial charge in [-0.1, -0.05) is 12.0 Å². The minimum atomic E-state index is -0.310. The molecule has 1 aliphatic heterocycles. The SMILES string of the molecule is CN.Cc1ccc(=O)c2nc3c(C=O)c4[nH]cc(C#CC5OCCC5Cl)[nH]c4n3c12. The molecule has 9 heteroatoms. The van der Waals surface area contributed by atoms with Crippen LogP contribution in [0.25, 0.3) is 27.8 Å². The number of nitrogens with two attached hydrogens (primary N) is 1. The van der Waals surface area contributed by atoms with Crippen LogP contribution in [0.2, 0.25) is 0 Å². The highest BCUT2D eigenvalue weighted by atomic mass is 35.5. The molecule has 3 aromatic heterocycles. The van der Waals surface area contributed by atoms with Gasteiger partial charge in [0, 0.05) is 12.8 Å². The number of rotatable bonds is 1. The van der Waals surface area contributed by atoms with Gasteiger partial charge in [0.1, 0.15) is 23.0 Å². The molecule has 8 nitrogen and oxygen atoms in total. The van der Waals surface area contributed by atoms with Crippen LogP contribution in [0.1, 0.15) is 28.0 Å². The van der Waals surface area contributed by atoms with Gasteiger partial charge in [0.15, 0.2) is 11.9 Å². The largest absolute Gasteiger partial charge is 0.364 e. The summed E-state index contributed by atoms with van der Waals surface area (Å²) in [6.45, 7) is 2.51. The van der Waals surface area contributed by atoms with Crippen molar-refractivity contribution in [3.8, 4) is 11.8 Å². The Balaban J connectivity index is 0.00000106. The van der Waals surface area contributed by atoms with E-state index < -0.39 is 0 Å². The Labute approximate surface area is 176 Å². The number of H-pyrrole nitrogens is 2. The highest BCUT2D eigenvalue weighted by Gasteiger charge is 2.24. The van der Waals surface area contributed by atoms with Gasteiger partial charge in [-0.25, -0.2) is 4.98 Å². The number of aromatic amines is 2. The molecule has 5 rings (SSSR count). The second kappa shape index (κ2) is 7.95. The van der Waals surface area contributed by atoms with Gasteiger partial charge in [-0.05, 0) is 37.9 Å². The van der Waals surface area contributed by atoms with Crippen molar-refractivity contribution in [3.63, 3.8) is 0 Å². The van der Waals surface area contributed by atoms with E-state index in [2.05, 4.69) is 32.5 Å². The van der Waals surface area contributed by atoms with Crippen LogP contribution in [0.5, 0.6) is 0 Å². The predicted molar refractivity (Wildman–Crippen MR) is 116 cm³/mol. The highest BCUT2D eigenvalue weighted by molar-refractivity contribution is 6.21. The number of carbonyl (C=O) groups is 1. The van der Waals surface area contributed by atoms with Crippen LogP contribution in [0, 0.1) is 18.8 Å². The van der Waals surface area contributed by atoms with Gasteiger partial charge in [-0.15, -0.1) is 11.6 Å². The number of carbonyl (C=O) groups excluding carboxylic acids is 1. The fraction of sp³-hybridized carbons (Fsp3) is 0.286. The van der Waals surface area contributed by atoms with Crippen molar-refractivity contribution in [2.45, 2.75) is 24.8 Å². The first-order chi connectivity index (χ1) is 14.6. The van der Waals surface area contributed by atoms with Gasteiger partial charge >= 0.3 is 0 Å². The number of hydrogen-bond donors (Lipinski definition) is 3. The maximum atomic E-state index is 12.3. The predicted octanol–water partition coefficient (Wildman–Crippen LogP) is 2.10. The summed E-state index contributed by atoms with van der Waals surface area (Å²) in [7, 11) is 1.50. The molecule has 154 valence electrons. The number of benzene rings is 1. The quantitative estimate of drug-likeness (QED) is 0.245. The lowest BCUT2D eigenvalue weighted by Gasteiger charge is -2.04. The lowest BCUT2D eigenvalue weighted by molar-refractivity contribution is 0.112. The summed E-state index contributed by atoms with van der Waals surface area (Å²) in [5, 5.41) is -0.122. The van der Waals surface area contributed by atoms with E-state index in [4.69, 9.17) is 16.3 Å². The highest BCUT2D eigenvalue weighted by Crippen LogP contribution is 2.27. The van der Waals surface area contributed by atoms with Crippen LogP contribution >= 0.6 is 11.6 Å². The zero-order valence-corrected chi connectivity index (χ0v) is 17.2. The fourth-order valence-corrected chi connectivity index (χ4v) is 3.88. The van der Waals surface area contributed by atoms with Crippen LogP contribution in [0.3, 0.4) is 0 Å². The number of hydrogen-bond acceptors (Lipinski definition) is 5. The van der Waals surface area contributed by atoms with Crippen molar-refractivity contribution in [1.29, 1.82) is 0 Å². The van der Waals surface area contributed by atoms with E-state index >= 15 is 0 Å². The molecule has 30 heavy (non-hydrogen) atoms. The lowest BCUT2D eigenvalue weighted by Crippen LogP contribution is -2.12. The van der Waals surface area contributed by atoms with Gasteiger partial charge < -0.3 is 20.4 Å². The maximum absolute atomic E-state index is 12.3. The van der Waals surface area contributed by atoms with Crippen molar-refractivity contribution < 1.29 is 9.53 Å². The van der Waals surface area contributed by atoms with Crippen LogP contribution in [0.4, 0.5) is 0 Å². The van der Waals surface area contributed by atoms with Gasteiger partial charge in [0.25, 0.3) is 0 Å². The molecule has 4 N–H and O–H groups in total. The summed E-state index contributed by atoms with van der Waals surface area (Å²) in [6.07, 6.45) is 2.90. The van der Waals surface area contributed by atoms with E-state index in [9.17, 15) is 9.59 Å². The smallest absolute Gasteiger partial charge is 0.206 e. The molecular weight excluding hydrogens is 406 g/mol. The normalized spacial score (nSPS) is 18.3. The van der Waals surface area contributed by atoms with Crippen molar-refractivity contribution in [2.75, 3.05) is 13.7 Å². The Kier molecular flexibility index (Phi) is 5.35. The molecule has 1 fully saturated rings. The number of aromatic nitrogens is 4. The van der Waals surface area contributed by atoms with E-state index in [1.165, 1.54) is 13.1 Å². The topological polar surface area (TPSA) is 118 Å². The molecule has 0 radical (unpaired) electrons. The van der Waals surface area contributed by atoms with E-state index in [1.54, 1.807) is 16.7 Å². The molecular formula is C21H20ClN5O3. The first-order valence-electron chi connectivity index (χ1n) is 9.43. The second-order valence-corrected chi connectivity index (χ2v) is 7.36. The van der Waals surface area contributed by atoms with E-state index in [0.29, 0.717) is 45.7 Å². The average Bonchev–Trinajstić information content (AvgIpc) is 3.43. The summed E-state index contributed by atoms with van der Waals surface area (Å²) in [4.78, 5) is 34.8. The first-order valence-corrected chi connectivity index (χ1v) is 9.87. The van der Waals surface area contributed by atoms with E-state index in [-0.39, 0.29) is 16.9 Å². The number of fused-ring (bicyclic) bond motifs is 5. The Hall–Kier alpha value is -3.12. The van der Waals surface area contributed by atoms with Gasteiger partial charge in [-0.3, -0.25) is 14.0 Å². The number of nitrogens with one attached hydrogen (secondary N) is 2. The molecule has 1 aliphatic rings. The molecule has 4 aromatic rings. The first kappa shape index (κ1) is 20.2. The monoisotopic (exact) mass is 425 g/mol. The van der Waals surface area contributed by atoms with Crippen molar-refractivity contribution in [2.24, 2.45) is 5.73 Å². The molecule has 2 unspecified atom stereocenters. The Morgan fingerprint density at radius 3 is 2.90 bits per heavy atom. The molecule has 0 aliphatic carbocycles. The summed E-state index contributed by atoms with van der Waals surface area (Å²) in [5.41, 5.74) is 8.88. The molecule has 1 saturated heterocycles. The summed E-state index contributed by atoms with van der Waals surface area (Å²) < 4.78 is 7.31. The molecule has 1 aromatic carbocycles. The Morgan fingerprint density at radius 1 is 1.40 bits per heavy atom.